The van der Waals surface area contributed by atoms with Gasteiger partial charge in [-0.3, -0.25) is 25.4 Å². The molecule has 0 atom stereocenters. The molecule has 13 heavy (non-hydrogen) atoms. The van der Waals surface area contributed by atoms with Gasteiger partial charge in [0.1, 0.15) is 0 Å². The molecule has 0 fully saturated rings. The summed E-state index contributed by atoms with van der Waals surface area (Å²) >= 11 is 0. The van der Waals surface area contributed by atoms with E-state index in [-0.39, 0.29) is 0 Å². The first-order valence-corrected chi connectivity index (χ1v) is 3.36. The second kappa shape index (κ2) is 4.20. The van der Waals surface area contributed by atoms with Crippen LogP contribution in [0.4, 0.5) is 0 Å². The summed E-state index contributed by atoms with van der Waals surface area (Å²) in [5, 5.41) is 0. The molecule has 1 rings (SSSR count). The molecule has 0 aliphatic heterocycles. The van der Waals surface area contributed by atoms with E-state index < -0.39 is 41.8 Å². The van der Waals surface area contributed by atoms with Crippen LogP contribution in [0.15, 0.2) is 24.4 Å². The predicted molar refractivity (Wildman–Crippen MR) is 45.5 cm³/mol. The summed E-state index contributed by atoms with van der Waals surface area (Å²) < 4.78 is 29.3. The predicted octanol–water partition coefficient (Wildman–Crippen LogP) is -0.138. The van der Waals surface area contributed by atoms with Crippen molar-refractivity contribution < 1.29 is 15.1 Å². The summed E-state index contributed by atoms with van der Waals surface area (Å²) in [5.74, 6) is -1.46. The van der Waals surface area contributed by atoms with Gasteiger partial charge in [-0.25, -0.2) is 0 Å². The summed E-state index contributed by atoms with van der Waals surface area (Å²) in [6.07, 6.45) is -1.14. The highest BCUT2D eigenvalue weighted by molar-refractivity contribution is 5.94. The van der Waals surface area contributed by atoms with Crippen molar-refractivity contribution >= 4 is 11.8 Å². The maximum Gasteiger partial charge on any atom is 0.269 e. The Bertz CT molecular complexity index is 466. The summed E-state index contributed by atoms with van der Waals surface area (Å²) in [4.78, 5) is 25.4. The molecule has 1 aromatic rings. The number of pyridine rings is 1. The van der Waals surface area contributed by atoms with E-state index >= 15 is 0 Å². The van der Waals surface area contributed by atoms with Gasteiger partial charge in [-0.2, -0.15) is 0 Å². The summed E-state index contributed by atoms with van der Waals surface area (Å²) in [5.41, 5.74) is 3.48. The number of nitrogens with one attached hydrogen (secondary N) is 2. The first-order valence-electron chi connectivity index (χ1n) is 5.36. The molecule has 1 aromatic heterocycles. The van der Waals surface area contributed by atoms with Gasteiger partial charge >= 0.3 is 0 Å². The first kappa shape index (κ1) is 4.96. The fourth-order valence-corrected chi connectivity index (χ4v) is 0.548. The molecule has 68 valence electrons. The number of nitrogens with zero attached hydrogens (tertiary/aromatic N) is 1. The lowest BCUT2D eigenvalue weighted by Crippen LogP contribution is -2.40. The molecule has 0 unspecified atom stereocenters. The molecule has 0 saturated heterocycles. The lowest BCUT2D eigenvalue weighted by molar-refractivity contribution is -0.119. The van der Waals surface area contributed by atoms with Crippen LogP contribution in [-0.4, -0.2) is 16.8 Å². The van der Waals surface area contributed by atoms with E-state index in [0.29, 0.717) is 0 Å². The molecular weight excluding hydrogens is 170 g/mol. The normalized spacial score (nSPS) is 13.3. The SMILES string of the molecule is [2H]c1nc([2H])c([2H])c(C(=O)NNC(C)=O)c1[2H]. The second-order valence-corrected chi connectivity index (χ2v) is 2.10. The average Bonchev–Trinajstić information content (AvgIpc) is 2.24. The Labute approximate surface area is 80.8 Å². The number of hydrogen-bond acceptors (Lipinski definition) is 3. The monoisotopic (exact) mass is 183 g/mol. The summed E-state index contributed by atoms with van der Waals surface area (Å²) in [7, 11) is 0. The molecule has 5 heteroatoms. The number of hydrogen-bond donors (Lipinski definition) is 2. The van der Waals surface area contributed by atoms with Crippen molar-refractivity contribution in [3.05, 3.63) is 30.0 Å². The fraction of sp³-hybridized carbons (Fsp3) is 0.125. The second-order valence-electron chi connectivity index (χ2n) is 2.10. The van der Waals surface area contributed by atoms with Crippen molar-refractivity contribution in [3.63, 3.8) is 0 Å². The van der Waals surface area contributed by atoms with Crippen LogP contribution < -0.4 is 10.9 Å². The van der Waals surface area contributed by atoms with E-state index in [0.717, 1.165) is 0 Å². The van der Waals surface area contributed by atoms with Crippen molar-refractivity contribution in [3.8, 4) is 0 Å². The lowest BCUT2D eigenvalue weighted by Gasteiger charge is -2.03. The smallest absolute Gasteiger partial charge is 0.269 e. The molecule has 0 aromatic carbocycles. The topological polar surface area (TPSA) is 71.1 Å². The minimum Gasteiger partial charge on any atom is -0.274 e. The largest absolute Gasteiger partial charge is 0.274 e. The van der Waals surface area contributed by atoms with Crippen molar-refractivity contribution in [2.45, 2.75) is 6.92 Å². The number of carbonyl (C=O) groups excluding carboxylic acids is 2. The van der Waals surface area contributed by atoms with Crippen LogP contribution >= 0.6 is 0 Å². The molecular formula is C8H9N3O2. The third-order valence-corrected chi connectivity index (χ3v) is 1.05. The maximum absolute atomic E-state index is 11.5. The summed E-state index contributed by atoms with van der Waals surface area (Å²) in [6.45, 7) is 1.17. The van der Waals surface area contributed by atoms with Gasteiger partial charge in [-0.1, -0.05) is 0 Å². The molecule has 0 saturated carbocycles. The zero-order chi connectivity index (χ0) is 13.2. The fourth-order valence-electron chi connectivity index (χ4n) is 0.548. The molecule has 0 radical (unpaired) electrons. The quantitative estimate of drug-likeness (QED) is 0.595. The Kier molecular flexibility index (Phi) is 1.60. The van der Waals surface area contributed by atoms with Crippen molar-refractivity contribution in [2.75, 3.05) is 0 Å². The molecule has 0 spiro atoms. The van der Waals surface area contributed by atoms with Gasteiger partial charge in [0.2, 0.25) is 5.91 Å². The Hall–Kier alpha value is -1.91. The third kappa shape index (κ3) is 2.90. The van der Waals surface area contributed by atoms with Crippen molar-refractivity contribution in [1.82, 2.24) is 15.8 Å². The van der Waals surface area contributed by atoms with E-state index in [4.69, 9.17) is 5.48 Å². The Morgan fingerprint density at radius 1 is 1.38 bits per heavy atom. The van der Waals surface area contributed by atoms with Crippen LogP contribution in [0.5, 0.6) is 0 Å². The molecule has 0 bridgehead atoms. The number of amides is 2. The molecule has 0 aliphatic carbocycles. The van der Waals surface area contributed by atoms with Gasteiger partial charge in [0.15, 0.2) is 0 Å². The van der Waals surface area contributed by atoms with E-state index in [2.05, 4.69) is 4.98 Å². The number of carbonyl (C=O) groups is 2. The Balaban J connectivity index is 3.12. The molecule has 2 N–H and O–H groups in total. The molecule has 0 aliphatic rings. The highest BCUT2D eigenvalue weighted by Gasteiger charge is 2.03. The zero-order valence-electron chi connectivity index (χ0n) is 10.8. The van der Waals surface area contributed by atoms with Crippen LogP contribution in [0.1, 0.15) is 22.8 Å². The Morgan fingerprint density at radius 2 is 2.00 bits per heavy atom. The first-order chi connectivity index (χ1) is 7.84. The van der Waals surface area contributed by atoms with Crippen molar-refractivity contribution in [2.24, 2.45) is 0 Å². The van der Waals surface area contributed by atoms with Crippen LogP contribution in [0.25, 0.3) is 0 Å². The maximum atomic E-state index is 11.5. The van der Waals surface area contributed by atoms with E-state index in [1.54, 1.807) is 0 Å². The highest BCUT2D eigenvalue weighted by Crippen LogP contribution is 1.93. The van der Waals surface area contributed by atoms with Gasteiger partial charge < -0.3 is 0 Å². The van der Waals surface area contributed by atoms with E-state index in [1.165, 1.54) is 6.92 Å². The van der Waals surface area contributed by atoms with Gasteiger partial charge in [0.25, 0.3) is 5.91 Å². The van der Waals surface area contributed by atoms with E-state index in [1.807, 2.05) is 10.9 Å². The van der Waals surface area contributed by atoms with Gasteiger partial charge in [-0.05, 0) is 12.1 Å². The lowest BCUT2D eigenvalue weighted by atomic mass is 10.3. The minimum atomic E-state index is -0.931. The standard InChI is InChI=1S/C8H9N3O2/c1-6(12)10-11-8(13)7-2-4-9-5-3-7/h2-5H,1H3,(H,10,12)(H,11,13)/i2D,3D,4D,5D. The number of rotatable bonds is 1. The summed E-state index contributed by atoms with van der Waals surface area (Å²) in [6, 6.07) is -1.12. The number of aromatic nitrogens is 1. The van der Waals surface area contributed by atoms with Gasteiger partial charge in [0, 0.05) is 24.8 Å². The van der Waals surface area contributed by atoms with Gasteiger partial charge in [-0.15, -0.1) is 0 Å². The molecule has 2 amide bonds. The Morgan fingerprint density at radius 3 is 2.54 bits per heavy atom. The molecule has 5 nitrogen and oxygen atoms in total. The van der Waals surface area contributed by atoms with Crippen LogP contribution in [0, 0.1) is 0 Å². The van der Waals surface area contributed by atoms with E-state index in [9.17, 15) is 9.59 Å². The average molecular weight is 183 g/mol. The van der Waals surface area contributed by atoms with Crippen LogP contribution in [-0.2, 0) is 4.79 Å². The minimum absolute atomic E-state index is 0.469. The van der Waals surface area contributed by atoms with Crippen LogP contribution in [0.2, 0.25) is 0 Å². The van der Waals surface area contributed by atoms with Crippen molar-refractivity contribution in [1.29, 1.82) is 0 Å². The molecule has 1 heterocycles. The number of hydrazine groups is 1. The highest BCUT2D eigenvalue weighted by atomic mass is 16.2. The third-order valence-electron chi connectivity index (χ3n) is 1.05. The van der Waals surface area contributed by atoms with Crippen LogP contribution in [0.3, 0.4) is 0 Å². The zero-order valence-corrected chi connectivity index (χ0v) is 6.76. The van der Waals surface area contributed by atoms with Gasteiger partial charge in [0.05, 0.1) is 5.48 Å².